The molecule has 1 fully saturated rings. The first-order valence-electron chi connectivity index (χ1n) is 11.1. The molecule has 3 aromatic rings. The zero-order valence-electron chi connectivity index (χ0n) is 19.1. The summed E-state index contributed by atoms with van der Waals surface area (Å²) in [6, 6.07) is 5.12. The van der Waals surface area contributed by atoms with Crippen LogP contribution in [0, 0.1) is 0 Å². The van der Waals surface area contributed by atoms with Gasteiger partial charge in [0.2, 0.25) is 11.8 Å². The van der Waals surface area contributed by atoms with Crippen molar-refractivity contribution in [3.8, 4) is 0 Å². The molecule has 2 N–H and O–H groups in total. The molecule has 34 heavy (non-hydrogen) atoms. The number of piperidine rings is 1. The third kappa shape index (κ3) is 5.20. The lowest BCUT2D eigenvalue weighted by Crippen LogP contribution is -2.47. The number of hydrogen-bond acceptors (Lipinski definition) is 8. The maximum atomic E-state index is 12.6. The molecule has 4 rings (SSSR count). The van der Waals surface area contributed by atoms with Gasteiger partial charge < -0.3 is 20.3 Å². The maximum Gasteiger partial charge on any atom is 0.248 e. The number of nitrogens with two attached hydrogens (primary N) is 1. The molecule has 1 aliphatic rings. The van der Waals surface area contributed by atoms with Crippen molar-refractivity contribution in [1.29, 1.82) is 0 Å². The number of rotatable bonds is 9. The van der Waals surface area contributed by atoms with Gasteiger partial charge in [0.25, 0.3) is 0 Å². The molecule has 11 heteroatoms. The lowest BCUT2D eigenvalue weighted by molar-refractivity contribution is -0.137. The first-order chi connectivity index (χ1) is 16.5. The van der Waals surface area contributed by atoms with E-state index in [1.54, 1.807) is 46.3 Å². The van der Waals surface area contributed by atoms with E-state index in [0.717, 1.165) is 37.4 Å². The Bertz CT molecular complexity index is 1170. The van der Waals surface area contributed by atoms with E-state index in [1.807, 2.05) is 7.05 Å². The molecule has 0 aliphatic carbocycles. The molecule has 1 saturated heterocycles. The first kappa shape index (κ1) is 23.3. The Morgan fingerprint density at radius 2 is 2.06 bits per heavy atom. The van der Waals surface area contributed by atoms with Gasteiger partial charge in [-0.3, -0.25) is 14.6 Å². The van der Waals surface area contributed by atoms with Crippen LogP contribution in [0.2, 0.25) is 0 Å². The second-order valence-corrected chi connectivity index (χ2v) is 8.16. The Labute approximate surface area is 197 Å². The third-order valence-corrected chi connectivity index (χ3v) is 6.07. The van der Waals surface area contributed by atoms with E-state index in [2.05, 4.69) is 31.8 Å². The normalized spacial score (nSPS) is 14.3. The molecule has 0 atom stereocenters. The monoisotopic (exact) mass is 464 g/mol. The topological polar surface area (TPSA) is 132 Å². The van der Waals surface area contributed by atoms with Gasteiger partial charge in [-0.2, -0.15) is 0 Å². The summed E-state index contributed by atoms with van der Waals surface area (Å²) in [6.45, 7) is 5.98. The van der Waals surface area contributed by atoms with Gasteiger partial charge in [0.05, 0.1) is 36.8 Å². The molecule has 0 unspecified atom stereocenters. The first-order valence-corrected chi connectivity index (χ1v) is 11.1. The largest absolute Gasteiger partial charge is 0.370 e. The molecule has 178 valence electrons. The van der Waals surface area contributed by atoms with Crippen molar-refractivity contribution in [2.45, 2.75) is 25.4 Å². The second kappa shape index (κ2) is 10.4. The van der Waals surface area contributed by atoms with Gasteiger partial charge in [-0.15, -0.1) is 5.10 Å². The molecule has 0 radical (unpaired) electrons. The third-order valence-electron chi connectivity index (χ3n) is 6.07. The summed E-state index contributed by atoms with van der Waals surface area (Å²) in [5, 5.41) is 8.16. The molecule has 0 spiro atoms. The number of likely N-dealkylation sites (N-methyl/N-ethyl adjacent to an activating group) is 1. The van der Waals surface area contributed by atoms with Gasteiger partial charge in [0.1, 0.15) is 17.9 Å². The Morgan fingerprint density at radius 1 is 1.26 bits per heavy atom. The molecule has 1 aliphatic heterocycles. The number of primary amides is 1. The minimum atomic E-state index is -0.510. The van der Waals surface area contributed by atoms with Crippen LogP contribution in [0.1, 0.15) is 28.9 Å². The van der Waals surface area contributed by atoms with Crippen LogP contribution in [0.25, 0.3) is 17.1 Å². The molecule has 2 amide bonds. The minimum absolute atomic E-state index is 0.00955. The smallest absolute Gasteiger partial charge is 0.248 e. The Balaban J connectivity index is 1.22. The maximum absolute atomic E-state index is 12.6. The fourth-order valence-corrected chi connectivity index (χ4v) is 3.98. The van der Waals surface area contributed by atoms with Crippen LogP contribution in [0.5, 0.6) is 0 Å². The average molecular weight is 465 g/mol. The van der Waals surface area contributed by atoms with Crippen LogP contribution in [0.3, 0.4) is 0 Å². The quantitative estimate of drug-likeness (QED) is 0.466. The van der Waals surface area contributed by atoms with Crippen molar-refractivity contribution in [2.75, 3.05) is 38.3 Å². The van der Waals surface area contributed by atoms with Crippen LogP contribution in [0.4, 0.5) is 5.82 Å². The highest BCUT2D eigenvalue weighted by Crippen LogP contribution is 2.20. The van der Waals surface area contributed by atoms with Crippen molar-refractivity contribution in [3.63, 3.8) is 0 Å². The van der Waals surface area contributed by atoms with E-state index in [-0.39, 0.29) is 25.2 Å². The Kier molecular flexibility index (Phi) is 7.12. The van der Waals surface area contributed by atoms with Crippen LogP contribution in [0.15, 0.2) is 37.2 Å². The van der Waals surface area contributed by atoms with E-state index in [1.165, 1.54) is 0 Å². The standard InChI is InChI=1S/C23H28N8O3/c1-3-17-13-26-21(14-25-17)30-8-6-18(7-9-30)29(2)22(32)15-34-11-10-31-20-12-16(23(24)33)4-5-19(20)27-28-31/h3-5,12-14,18H,1,6-11,15H2,2H3,(H2,24,33). The van der Waals surface area contributed by atoms with Crippen molar-refractivity contribution >= 4 is 34.7 Å². The number of ether oxygens (including phenoxy) is 1. The molecular formula is C23H28N8O3. The number of hydrogen-bond donors (Lipinski definition) is 1. The SMILES string of the molecule is C=Cc1cnc(N2CCC(N(C)C(=O)COCCn3nnc4ccc(C(N)=O)cc43)CC2)cn1. The minimum Gasteiger partial charge on any atom is -0.370 e. The Hall–Kier alpha value is -3.86. The van der Waals surface area contributed by atoms with Crippen LogP contribution >= 0.6 is 0 Å². The summed E-state index contributed by atoms with van der Waals surface area (Å²) in [4.78, 5) is 36.7. The highest BCUT2D eigenvalue weighted by atomic mass is 16.5. The van der Waals surface area contributed by atoms with Crippen LogP contribution in [-0.2, 0) is 16.1 Å². The van der Waals surface area contributed by atoms with Gasteiger partial charge in [0, 0.05) is 31.7 Å². The molecule has 2 aromatic heterocycles. The summed E-state index contributed by atoms with van der Waals surface area (Å²) >= 11 is 0. The van der Waals surface area contributed by atoms with Crippen molar-refractivity contribution in [1.82, 2.24) is 29.9 Å². The fraction of sp³-hybridized carbons (Fsp3) is 0.391. The van der Waals surface area contributed by atoms with E-state index in [4.69, 9.17) is 10.5 Å². The van der Waals surface area contributed by atoms with Crippen molar-refractivity contribution in [2.24, 2.45) is 5.73 Å². The summed E-state index contributed by atoms with van der Waals surface area (Å²) < 4.78 is 7.25. The predicted molar refractivity (Wildman–Crippen MR) is 127 cm³/mol. The van der Waals surface area contributed by atoms with Gasteiger partial charge in [-0.05, 0) is 37.1 Å². The van der Waals surface area contributed by atoms with Crippen LogP contribution in [-0.4, -0.2) is 81.1 Å². The molecule has 0 bridgehead atoms. The lowest BCUT2D eigenvalue weighted by Gasteiger charge is -2.37. The highest BCUT2D eigenvalue weighted by Gasteiger charge is 2.26. The number of carbonyl (C=O) groups excluding carboxylic acids is 2. The molecule has 11 nitrogen and oxygen atoms in total. The number of anilines is 1. The predicted octanol–water partition coefficient (Wildman–Crippen LogP) is 1.11. The summed E-state index contributed by atoms with van der Waals surface area (Å²) in [5.74, 6) is 0.266. The fourth-order valence-electron chi connectivity index (χ4n) is 3.98. The van der Waals surface area contributed by atoms with E-state index in [9.17, 15) is 9.59 Å². The number of benzene rings is 1. The number of amides is 2. The highest BCUT2D eigenvalue weighted by molar-refractivity contribution is 5.96. The number of nitrogens with zero attached hydrogens (tertiary/aromatic N) is 7. The summed E-state index contributed by atoms with van der Waals surface area (Å²) in [7, 11) is 1.82. The molecular weight excluding hydrogens is 436 g/mol. The average Bonchev–Trinajstić information content (AvgIpc) is 3.28. The second-order valence-electron chi connectivity index (χ2n) is 8.16. The number of aromatic nitrogens is 5. The summed E-state index contributed by atoms with van der Waals surface area (Å²) in [6.07, 6.45) is 6.83. The van der Waals surface area contributed by atoms with Crippen molar-refractivity contribution < 1.29 is 14.3 Å². The van der Waals surface area contributed by atoms with Gasteiger partial charge in [-0.1, -0.05) is 11.8 Å². The molecule has 0 saturated carbocycles. The Morgan fingerprint density at radius 3 is 2.74 bits per heavy atom. The van der Waals surface area contributed by atoms with Gasteiger partial charge in [0.15, 0.2) is 0 Å². The summed E-state index contributed by atoms with van der Waals surface area (Å²) in [5.41, 5.74) is 7.84. The van der Waals surface area contributed by atoms with E-state index in [0.29, 0.717) is 23.1 Å². The number of fused-ring (bicyclic) bond motifs is 1. The lowest BCUT2D eigenvalue weighted by atomic mass is 10.0. The van der Waals surface area contributed by atoms with E-state index >= 15 is 0 Å². The molecule has 3 heterocycles. The zero-order valence-corrected chi connectivity index (χ0v) is 19.1. The molecule has 1 aromatic carbocycles. The zero-order chi connectivity index (χ0) is 24.1. The van der Waals surface area contributed by atoms with Gasteiger partial charge in [-0.25, -0.2) is 9.67 Å². The van der Waals surface area contributed by atoms with Gasteiger partial charge >= 0.3 is 0 Å². The van der Waals surface area contributed by atoms with Crippen molar-refractivity contribution in [3.05, 3.63) is 48.4 Å². The van der Waals surface area contributed by atoms with Crippen LogP contribution < -0.4 is 10.6 Å². The number of carbonyl (C=O) groups is 2. The van der Waals surface area contributed by atoms with E-state index < -0.39 is 5.91 Å².